The van der Waals surface area contributed by atoms with Crippen LogP contribution < -0.4 is 10.1 Å². The minimum absolute atomic E-state index is 0.289. The third-order valence-corrected chi connectivity index (χ3v) is 4.26. The number of aromatic nitrogens is 1. The van der Waals surface area contributed by atoms with Crippen LogP contribution in [0, 0.1) is 26.6 Å². The molecule has 0 spiro atoms. The zero-order chi connectivity index (χ0) is 19.4. The van der Waals surface area contributed by atoms with Gasteiger partial charge in [-0.2, -0.15) is 0 Å². The van der Waals surface area contributed by atoms with E-state index in [1.54, 1.807) is 43.6 Å². The number of carbonyl (C=O) groups excluding carboxylic acids is 1. The number of hydrogen-bond donors (Lipinski definition) is 1. The number of hydrogen-bond acceptors (Lipinski definition) is 3. The molecule has 0 unspecified atom stereocenters. The van der Waals surface area contributed by atoms with Crippen molar-refractivity contribution >= 4 is 11.6 Å². The monoisotopic (exact) mass is 364 g/mol. The molecule has 0 saturated carbocycles. The van der Waals surface area contributed by atoms with Crippen LogP contribution in [0.25, 0.3) is 0 Å². The number of ether oxygens (including phenoxy) is 1. The molecule has 0 atom stereocenters. The number of anilines is 1. The van der Waals surface area contributed by atoms with Gasteiger partial charge in [-0.3, -0.25) is 9.78 Å². The highest BCUT2D eigenvalue weighted by Crippen LogP contribution is 2.26. The van der Waals surface area contributed by atoms with Gasteiger partial charge >= 0.3 is 0 Å². The standard InChI is InChI=1S/C22H21FN2O2/c1-14-6-7-19(11-20(14)23)25-22(26)18-9-15(2)21(16(3)10-18)27-13-17-5-4-8-24-12-17/h4-12H,13H2,1-3H3,(H,25,26). The summed E-state index contributed by atoms with van der Waals surface area (Å²) in [5, 5.41) is 2.73. The number of aryl methyl sites for hydroxylation is 3. The van der Waals surface area contributed by atoms with Crippen molar-refractivity contribution in [2.24, 2.45) is 0 Å². The molecule has 0 aliphatic heterocycles. The highest BCUT2D eigenvalue weighted by atomic mass is 19.1. The SMILES string of the molecule is Cc1ccc(NC(=O)c2cc(C)c(OCc3cccnc3)c(C)c2)cc1F. The second kappa shape index (κ2) is 7.99. The van der Waals surface area contributed by atoms with Crippen molar-refractivity contribution in [3.8, 4) is 5.75 Å². The molecule has 0 bridgehead atoms. The Bertz CT molecular complexity index is 948. The number of pyridine rings is 1. The van der Waals surface area contributed by atoms with E-state index in [1.807, 2.05) is 26.0 Å². The first kappa shape index (κ1) is 18.6. The smallest absolute Gasteiger partial charge is 0.255 e. The van der Waals surface area contributed by atoms with Crippen molar-refractivity contribution in [3.63, 3.8) is 0 Å². The lowest BCUT2D eigenvalue weighted by atomic mass is 10.0. The molecule has 1 amide bonds. The van der Waals surface area contributed by atoms with E-state index in [9.17, 15) is 9.18 Å². The van der Waals surface area contributed by atoms with E-state index >= 15 is 0 Å². The quantitative estimate of drug-likeness (QED) is 0.695. The van der Waals surface area contributed by atoms with Crippen LogP contribution in [0.2, 0.25) is 0 Å². The molecule has 0 aliphatic carbocycles. The van der Waals surface area contributed by atoms with Crippen LogP contribution in [0.1, 0.15) is 32.6 Å². The fourth-order valence-electron chi connectivity index (χ4n) is 2.82. The molecular weight excluding hydrogens is 343 g/mol. The Morgan fingerprint density at radius 3 is 2.44 bits per heavy atom. The van der Waals surface area contributed by atoms with Gasteiger partial charge in [0.15, 0.2) is 0 Å². The molecule has 1 heterocycles. The Hall–Kier alpha value is -3.21. The van der Waals surface area contributed by atoms with E-state index in [4.69, 9.17) is 4.74 Å². The molecule has 3 aromatic rings. The molecule has 4 nitrogen and oxygen atoms in total. The summed E-state index contributed by atoms with van der Waals surface area (Å²) in [6, 6.07) is 12.0. The maximum absolute atomic E-state index is 13.7. The Morgan fingerprint density at radius 1 is 1.07 bits per heavy atom. The molecule has 3 rings (SSSR count). The van der Waals surface area contributed by atoms with Crippen molar-refractivity contribution in [3.05, 3.63) is 88.5 Å². The first-order valence-electron chi connectivity index (χ1n) is 8.64. The minimum atomic E-state index is -0.348. The summed E-state index contributed by atoms with van der Waals surface area (Å²) in [4.78, 5) is 16.6. The van der Waals surface area contributed by atoms with Crippen molar-refractivity contribution in [2.45, 2.75) is 27.4 Å². The maximum atomic E-state index is 13.7. The average Bonchev–Trinajstić information content (AvgIpc) is 2.64. The van der Waals surface area contributed by atoms with Gasteiger partial charge < -0.3 is 10.1 Å². The van der Waals surface area contributed by atoms with Crippen molar-refractivity contribution in [1.82, 2.24) is 4.98 Å². The van der Waals surface area contributed by atoms with Gasteiger partial charge in [0, 0.05) is 29.2 Å². The van der Waals surface area contributed by atoms with Gasteiger partial charge in [0.1, 0.15) is 18.2 Å². The van der Waals surface area contributed by atoms with Gasteiger partial charge in [0.05, 0.1) is 0 Å². The molecule has 0 radical (unpaired) electrons. The van der Waals surface area contributed by atoms with E-state index in [1.165, 1.54) is 6.07 Å². The van der Waals surface area contributed by atoms with E-state index in [0.717, 1.165) is 22.4 Å². The minimum Gasteiger partial charge on any atom is -0.488 e. The molecule has 0 saturated heterocycles. The number of nitrogens with one attached hydrogen (secondary N) is 1. The number of amides is 1. The van der Waals surface area contributed by atoms with E-state index in [2.05, 4.69) is 10.3 Å². The average molecular weight is 364 g/mol. The summed E-state index contributed by atoms with van der Waals surface area (Å²) in [5.74, 6) is 0.111. The number of carbonyl (C=O) groups is 1. The van der Waals surface area contributed by atoms with Gasteiger partial charge in [-0.25, -0.2) is 4.39 Å². The Kier molecular flexibility index (Phi) is 5.50. The normalized spacial score (nSPS) is 10.5. The lowest BCUT2D eigenvalue weighted by Crippen LogP contribution is -2.13. The predicted molar refractivity (Wildman–Crippen MR) is 104 cm³/mol. The molecule has 0 aliphatic rings. The summed E-state index contributed by atoms with van der Waals surface area (Å²) in [5.41, 5.74) is 4.16. The van der Waals surface area contributed by atoms with Crippen LogP contribution in [0.5, 0.6) is 5.75 Å². The molecule has 138 valence electrons. The second-order valence-corrected chi connectivity index (χ2v) is 6.51. The summed E-state index contributed by atoms with van der Waals surface area (Å²) in [6.07, 6.45) is 3.47. The molecule has 0 fully saturated rings. The Morgan fingerprint density at radius 2 is 1.81 bits per heavy atom. The fourth-order valence-corrected chi connectivity index (χ4v) is 2.82. The van der Waals surface area contributed by atoms with Crippen LogP contribution in [0.4, 0.5) is 10.1 Å². The summed E-state index contributed by atoms with van der Waals surface area (Å²) >= 11 is 0. The fraction of sp³-hybridized carbons (Fsp3) is 0.182. The van der Waals surface area contributed by atoms with Crippen LogP contribution in [0.3, 0.4) is 0 Å². The Balaban J connectivity index is 1.75. The van der Waals surface area contributed by atoms with E-state index < -0.39 is 0 Å². The molecule has 1 aromatic heterocycles. The Labute approximate surface area is 158 Å². The maximum Gasteiger partial charge on any atom is 0.255 e. The predicted octanol–water partition coefficient (Wildman–Crippen LogP) is 4.98. The second-order valence-electron chi connectivity index (χ2n) is 6.51. The largest absolute Gasteiger partial charge is 0.488 e. The third kappa shape index (κ3) is 4.50. The lowest BCUT2D eigenvalue weighted by molar-refractivity contribution is 0.102. The molecule has 1 N–H and O–H groups in total. The van der Waals surface area contributed by atoms with Gasteiger partial charge in [-0.1, -0.05) is 12.1 Å². The van der Waals surface area contributed by atoms with Gasteiger partial charge in [-0.15, -0.1) is 0 Å². The third-order valence-electron chi connectivity index (χ3n) is 4.26. The van der Waals surface area contributed by atoms with E-state index in [0.29, 0.717) is 23.4 Å². The lowest BCUT2D eigenvalue weighted by Gasteiger charge is -2.14. The first-order chi connectivity index (χ1) is 12.9. The van der Waals surface area contributed by atoms with Crippen LogP contribution in [-0.4, -0.2) is 10.9 Å². The van der Waals surface area contributed by atoms with Crippen molar-refractivity contribution in [2.75, 3.05) is 5.32 Å². The number of rotatable bonds is 5. The van der Waals surface area contributed by atoms with Crippen LogP contribution in [-0.2, 0) is 6.61 Å². The molecule has 5 heteroatoms. The summed E-state index contributed by atoms with van der Waals surface area (Å²) < 4.78 is 19.6. The molecule has 27 heavy (non-hydrogen) atoms. The van der Waals surface area contributed by atoms with Gasteiger partial charge in [0.25, 0.3) is 5.91 Å². The zero-order valence-corrected chi connectivity index (χ0v) is 15.5. The van der Waals surface area contributed by atoms with Gasteiger partial charge in [-0.05, 0) is 67.8 Å². The number of benzene rings is 2. The van der Waals surface area contributed by atoms with Crippen molar-refractivity contribution in [1.29, 1.82) is 0 Å². The van der Waals surface area contributed by atoms with Crippen LogP contribution in [0.15, 0.2) is 54.9 Å². The number of nitrogens with zero attached hydrogens (tertiary/aromatic N) is 1. The van der Waals surface area contributed by atoms with Crippen LogP contribution >= 0.6 is 0 Å². The number of halogens is 1. The molecular formula is C22H21FN2O2. The molecule has 2 aromatic carbocycles. The van der Waals surface area contributed by atoms with E-state index in [-0.39, 0.29) is 11.7 Å². The highest BCUT2D eigenvalue weighted by Gasteiger charge is 2.13. The summed E-state index contributed by atoms with van der Waals surface area (Å²) in [7, 11) is 0. The zero-order valence-electron chi connectivity index (χ0n) is 15.5. The highest BCUT2D eigenvalue weighted by molar-refractivity contribution is 6.04. The summed E-state index contributed by atoms with van der Waals surface area (Å²) in [6.45, 7) is 5.88. The first-order valence-corrected chi connectivity index (χ1v) is 8.64. The van der Waals surface area contributed by atoms with Gasteiger partial charge in [0.2, 0.25) is 0 Å². The topological polar surface area (TPSA) is 51.2 Å². The van der Waals surface area contributed by atoms with Crippen molar-refractivity contribution < 1.29 is 13.9 Å².